The highest BCUT2D eigenvalue weighted by atomic mass is 16.5. The van der Waals surface area contributed by atoms with E-state index in [1.54, 1.807) is 7.11 Å². The lowest BCUT2D eigenvalue weighted by Crippen LogP contribution is -2.19. The number of rotatable bonds is 6. The Kier molecular flexibility index (Phi) is 3.92. The normalized spacial score (nSPS) is 15.0. The molecule has 5 nitrogen and oxygen atoms in total. The van der Waals surface area contributed by atoms with Crippen LogP contribution in [0.3, 0.4) is 0 Å². The molecule has 5 heteroatoms. The van der Waals surface area contributed by atoms with Crippen LogP contribution in [0.1, 0.15) is 18.4 Å². The summed E-state index contributed by atoms with van der Waals surface area (Å²) in [6, 6.07) is 14.4. The van der Waals surface area contributed by atoms with E-state index < -0.39 is 0 Å². The van der Waals surface area contributed by atoms with Crippen molar-refractivity contribution in [2.24, 2.45) is 7.05 Å². The van der Waals surface area contributed by atoms with Crippen LogP contribution < -0.4 is 10.1 Å². The second kappa shape index (κ2) is 6.24. The van der Waals surface area contributed by atoms with Gasteiger partial charge in [-0.2, -0.15) is 5.10 Å². The van der Waals surface area contributed by atoms with E-state index in [9.17, 15) is 0 Å². The number of nitrogens with zero attached hydrogens (tertiary/aromatic N) is 3. The van der Waals surface area contributed by atoms with Crippen molar-refractivity contribution in [1.29, 1.82) is 0 Å². The zero-order valence-electron chi connectivity index (χ0n) is 14.6. The standard InChI is InChI=1S/C20H22N4O/c1-24-19(8-12-23-24)18-13-15(7-11-21-18)20(9-10-20)14-22-16-3-5-17(25-2)6-4-16/h3-8,11-13,22H,9-10,14H2,1-2H3. The molecule has 2 aromatic heterocycles. The molecule has 3 aromatic rings. The third-order valence-corrected chi connectivity index (χ3v) is 5.03. The van der Waals surface area contributed by atoms with E-state index in [4.69, 9.17) is 4.74 Å². The number of nitrogens with one attached hydrogen (secondary N) is 1. The second-order valence-electron chi connectivity index (χ2n) is 6.63. The van der Waals surface area contributed by atoms with Gasteiger partial charge in [0.05, 0.1) is 18.5 Å². The Bertz CT molecular complexity index is 865. The van der Waals surface area contributed by atoms with Crippen LogP contribution in [0.4, 0.5) is 5.69 Å². The van der Waals surface area contributed by atoms with Crippen molar-refractivity contribution in [3.8, 4) is 17.1 Å². The van der Waals surface area contributed by atoms with E-state index in [1.807, 2.05) is 42.3 Å². The quantitative estimate of drug-likeness (QED) is 0.748. The first-order chi connectivity index (χ1) is 12.2. The molecule has 1 N–H and O–H groups in total. The van der Waals surface area contributed by atoms with Gasteiger partial charge in [-0.15, -0.1) is 0 Å². The van der Waals surface area contributed by atoms with Gasteiger partial charge >= 0.3 is 0 Å². The van der Waals surface area contributed by atoms with E-state index >= 15 is 0 Å². The van der Waals surface area contributed by atoms with Gasteiger partial charge in [-0.3, -0.25) is 9.67 Å². The summed E-state index contributed by atoms with van der Waals surface area (Å²) in [7, 11) is 3.63. The van der Waals surface area contributed by atoms with Crippen LogP contribution in [0.5, 0.6) is 5.75 Å². The maximum Gasteiger partial charge on any atom is 0.119 e. The molecule has 0 amide bonds. The fraction of sp³-hybridized carbons (Fsp3) is 0.300. The van der Waals surface area contributed by atoms with Gasteiger partial charge in [0.1, 0.15) is 5.75 Å². The van der Waals surface area contributed by atoms with Crippen molar-refractivity contribution in [3.05, 3.63) is 60.4 Å². The van der Waals surface area contributed by atoms with Gasteiger partial charge in [0, 0.05) is 37.1 Å². The lowest BCUT2D eigenvalue weighted by atomic mass is 9.95. The highest BCUT2D eigenvalue weighted by Crippen LogP contribution is 2.48. The molecule has 0 atom stereocenters. The average Bonchev–Trinajstić information content (AvgIpc) is 3.34. The summed E-state index contributed by atoms with van der Waals surface area (Å²) < 4.78 is 7.08. The lowest BCUT2D eigenvalue weighted by molar-refractivity contribution is 0.415. The van der Waals surface area contributed by atoms with Gasteiger partial charge < -0.3 is 10.1 Å². The Labute approximate surface area is 147 Å². The number of methoxy groups -OCH3 is 1. The van der Waals surface area contributed by atoms with Crippen molar-refractivity contribution in [1.82, 2.24) is 14.8 Å². The van der Waals surface area contributed by atoms with Gasteiger partial charge in [-0.05, 0) is 60.9 Å². The summed E-state index contributed by atoms with van der Waals surface area (Å²) in [4.78, 5) is 4.53. The SMILES string of the molecule is COc1ccc(NCC2(c3ccnc(-c4ccnn4C)c3)CC2)cc1. The van der Waals surface area contributed by atoms with Gasteiger partial charge in [0.25, 0.3) is 0 Å². The highest BCUT2D eigenvalue weighted by molar-refractivity contribution is 5.56. The number of aromatic nitrogens is 3. The molecule has 0 spiro atoms. The Morgan fingerprint density at radius 1 is 1.12 bits per heavy atom. The monoisotopic (exact) mass is 334 g/mol. The van der Waals surface area contributed by atoms with E-state index in [0.717, 1.165) is 29.4 Å². The van der Waals surface area contributed by atoms with Gasteiger partial charge in [0.2, 0.25) is 0 Å². The Morgan fingerprint density at radius 3 is 2.56 bits per heavy atom. The van der Waals surface area contributed by atoms with Gasteiger partial charge in [-0.1, -0.05) is 0 Å². The first kappa shape index (κ1) is 15.7. The van der Waals surface area contributed by atoms with Gasteiger partial charge in [0.15, 0.2) is 0 Å². The molecule has 0 aliphatic heterocycles. The summed E-state index contributed by atoms with van der Waals surface area (Å²) >= 11 is 0. The molecule has 128 valence electrons. The fourth-order valence-electron chi connectivity index (χ4n) is 3.22. The van der Waals surface area contributed by atoms with Crippen LogP contribution in [0.15, 0.2) is 54.9 Å². The Morgan fingerprint density at radius 2 is 1.92 bits per heavy atom. The molecule has 1 fully saturated rings. The molecular weight excluding hydrogens is 312 g/mol. The number of aryl methyl sites for hydroxylation is 1. The van der Waals surface area contributed by atoms with E-state index in [0.29, 0.717) is 0 Å². The van der Waals surface area contributed by atoms with E-state index in [-0.39, 0.29) is 5.41 Å². The predicted molar refractivity (Wildman–Crippen MR) is 98.8 cm³/mol. The summed E-state index contributed by atoms with van der Waals surface area (Å²) in [6.07, 6.45) is 6.11. The molecule has 0 saturated heterocycles. The van der Waals surface area contributed by atoms with Crippen LogP contribution in [0.25, 0.3) is 11.4 Å². The largest absolute Gasteiger partial charge is 0.497 e. The zero-order valence-corrected chi connectivity index (χ0v) is 14.6. The minimum absolute atomic E-state index is 0.205. The molecule has 1 saturated carbocycles. The third kappa shape index (κ3) is 3.09. The Hall–Kier alpha value is -2.82. The molecule has 0 radical (unpaired) electrons. The molecule has 4 rings (SSSR count). The highest BCUT2D eigenvalue weighted by Gasteiger charge is 2.44. The molecule has 1 aliphatic carbocycles. The number of ether oxygens (including phenoxy) is 1. The maximum absolute atomic E-state index is 5.21. The lowest BCUT2D eigenvalue weighted by Gasteiger charge is -2.18. The van der Waals surface area contributed by atoms with E-state index in [1.165, 1.54) is 18.4 Å². The van der Waals surface area contributed by atoms with Crippen molar-refractivity contribution in [2.75, 3.05) is 19.0 Å². The van der Waals surface area contributed by atoms with Crippen molar-refractivity contribution < 1.29 is 4.74 Å². The average molecular weight is 334 g/mol. The number of pyridine rings is 1. The van der Waals surface area contributed by atoms with Crippen LogP contribution in [0, 0.1) is 0 Å². The van der Waals surface area contributed by atoms with E-state index in [2.05, 4.69) is 39.7 Å². The van der Waals surface area contributed by atoms with Crippen LogP contribution in [-0.2, 0) is 12.5 Å². The zero-order chi connectivity index (χ0) is 17.3. The fourth-order valence-corrected chi connectivity index (χ4v) is 3.22. The molecule has 25 heavy (non-hydrogen) atoms. The third-order valence-electron chi connectivity index (χ3n) is 5.03. The summed E-state index contributed by atoms with van der Waals surface area (Å²) in [5.41, 5.74) is 4.69. The van der Waals surface area contributed by atoms with Crippen LogP contribution in [-0.4, -0.2) is 28.4 Å². The molecular formula is C20H22N4O. The number of hydrogen-bond acceptors (Lipinski definition) is 4. The summed E-state index contributed by atoms with van der Waals surface area (Å²) in [5.74, 6) is 0.877. The first-order valence-electron chi connectivity index (χ1n) is 8.53. The maximum atomic E-state index is 5.21. The summed E-state index contributed by atoms with van der Waals surface area (Å²) in [6.45, 7) is 0.925. The number of hydrogen-bond donors (Lipinski definition) is 1. The molecule has 1 aromatic carbocycles. The number of anilines is 1. The smallest absolute Gasteiger partial charge is 0.119 e. The molecule has 0 bridgehead atoms. The van der Waals surface area contributed by atoms with Crippen LogP contribution >= 0.6 is 0 Å². The van der Waals surface area contributed by atoms with Crippen molar-refractivity contribution >= 4 is 5.69 Å². The second-order valence-corrected chi connectivity index (χ2v) is 6.63. The molecule has 0 unspecified atom stereocenters. The van der Waals surface area contributed by atoms with Gasteiger partial charge in [-0.25, -0.2) is 0 Å². The summed E-state index contributed by atoms with van der Waals surface area (Å²) in [5, 5.41) is 7.81. The number of benzene rings is 1. The molecule has 1 aliphatic rings. The van der Waals surface area contributed by atoms with Crippen LogP contribution in [0.2, 0.25) is 0 Å². The minimum Gasteiger partial charge on any atom is -0.497 e. The first-order valence-corrected chi connectivity index (χ1v) is 8.53. The Balaban J connectivity index is 1.51. The van der Waals surface area contributed by atoms with Crippen molar-refractivity contribution in [2.45, 2.75) is 18.3 Å². The van der Waals surface area contributed by atoms with Crippen molar-refractivity contribution in [3.63, 3.8) is 0 Å². The minimum atomic E-state index is 0.205. The molecule has 2 heterocycles. The predicted octanol–water partition coefficient (Wildman–Crippen LogP) is 3.63. The topological polar surface area (TPSA) is 52.0 Å².